The van der Waals surface area contributed by atoms with Gasteiger partial charge in [-0.3, -0.25) is 4.90 Å². The minimum absolute atomic E-state index is 0. The number of benzene rings is 1. The van der Waals surface area contributed by atoms with Gasteiger partial charge in [-0.25, -0.2) is 0 Å². The fourth-order valence-electron chi connectivity index (χ4n) is 2.32. The molecule has 0 aromatic heterocycles. The summed E-state index contributed by atoms with van der Waals surface area (Å²) in [5, 5.41) is 0.766. The van der Waals surface area contributed by atoms with Crippen LogP contribution in [0.2, 0.25) is 5.02 Å². The quantitative estimate of drug-likeness (QED) is 0.897. The summed E-state index contributed by atoms with van der Waals surface area (Å²) in [6, 6.07) is 6.13. The Morgan fingerprint density at radius 3 is 2.78 bits per heavy atom. The zero-order valence-corrected chi connectivity index (χ0v) is 13.6. The third kappa shape index (κ3) is 3.84. The molecule has 1 aromatic carbocycles. The Kier molecular flexibility index (Phi) is 5.94. The van der Waals surface area contributed by atoms with E-state index in [-0.39, 0.29) is 12.4 Å². The van der Waals surface area contributed by atoms with E-state index in [0.717, 1.165) is 35.7 Å². The Morgan fingerprint density at radius 2 is 2.22 bits per heavy atom. The molecule has 5 heteroatoms. The predicted molar refractivity (Wildman–Crippen MR) is 83.5 cm³/mol. The van der Waals surface area contributed by atoms with Gasteiger partial charge in [0.05, 0.1) is 5.02 Å². The molecule has 1 aliphatic rings. The van der Waals surface area contributed by atoms with Gasteiger partial charge in [-0.1, -0.05) is 24.6 Å². The van der Waals surface area contributed by atoms with Crippen LogP contribution in [0.3, 0.4) is 0 Å². The average molecular weight is 354 g/mol. The molecule has 0 saturated carbocycles. The molecule has 1 aromatic rings. The summed E-state index contributed by atoms with van der Waals surface area (Å²) in [4.78, 5) is 2.46. The first-order valence-corrected chi connectivity index (χ1v) is 7.06. The predicted octanol–water partition coefficient (Wildman–Crippen LogP) is 3.70. The molecule has 0 bridgehead atoms. The summed E-state index contributed by atoms with van der Waals surface area (Å²) in [7, 11) is 0. The van der Waals surface area contributed by atoms with E-state index in [9.17, 15) is 0 Å². The summed E-state index contributed by atoms with van der Waals surface area (Å²) in [6.07, 6.45) is 1.19. The highest BCUT2D eigenvalue weighted by atomic mass is 79.9. The number of halogens is 3. The van der Waals surface area contributed by atoms with E-state index < -0.39 is 0 Å². The lowest BCUT2D eigenvalue weighted by molar-refractivity contribution is 0.274. The number of nitrogens with two attached hydrogens (primary N) is 1. The van der Waals surface area contributed by atoms with E-state index in [2.05, 4.69) is 39.9 Å². The topological polar surface area (TPSA) is 29.3 Å². The van der Waals surface area contributed by atoms with Crippen molar-refractivity contribution in [2.24, 2.45) is 11.1 Å². The van der Waals surface area contributed by atoms with Crippen LogP contribution in [0.15, 0.2) is 22.7 Å². The van der Waals surface area contributed by atoms with Crippen LogP contribution < -0.4 is 5.73 Å². The molecule has 1 fully saturated rings. The molecule has 0 amide bonds. The van der Waals surface area contributed by atoms with Gasteiger partial charge in [0, 0.05) is 17.6 Å². The van der Waals surface area contributed by atoms with Gasteiger partial charge in [0.15, 0.2) is 0 Å². The summed E-state index contributed by atoms with van der Waals surface area (Å²) < 4.78 is 0.970. The number of hydrogen-bond donors (Lipinski definition) is 1. The molecule has 1 heterocycles. The van der Waals surface area contributed by atoms with E-state index in [1.807, 2.05) is 6.07 Å². The Labute approximate surface area is 128 Å². The van der Waals surface area contributed by atoms with E-state index in [0.29, 0.717) is 5.41 Å². The third-order valence-electron chi connectivity index (χ3n) is 3.52. The molecule has 18 heavy (non-hydrogen) atoms. The Balaban J connectivity index is 0.00000162. The second kappa shape index (κ2) is 6.58. The molecule has 0 spiro atoms. The molecule has 1 atom stereocenters. The van der Waals surface area contributed by atoms with Crippen LogP contribution >= 0.6 is 39.9 Å². The minimum atomic E-state index is 0. The fourth-order valence-corrected chi connectivity index (χ4v) is 2.87. The third-order valence-corrected chi connectivity index (χ3v) is 4.73. The van der Waals surface area contributed by atoms with Crippen LogP contribution in [-0.4, -0.2) is 24.5 Å². The number of likely N-dealkylation sites (tertiary alicyclic amines) is 1. The second-order valence-electron chi connectivity index (χ2n) is 5.22. The van der Waals surface area contributed by atoms with Gasteiger partial charge in [-0.15, -0.1) is 12.4 Å². The highest BCUT2D eigenvalue weighted by molar-refractivity contribution is 9.10. The summed E-state index contributed by atoms with van der Waals surface area (Å²) >= 11 is 9.45. The van der Waals surface area contributed by atoms with Gasteiger partial charge < -0.3 is 5.73 Å². The van der Waals surface area contributed by atoms with Crippen molar-refractivity contribution in [3.8, 4) is 0 Å². The normalized spacial score (nSPS) is 24.0. The standard InChI is InChI=1S/C13H18BrClN2.ClH/c1-13(8-16)4-5-17(9-13)7-10-2-3-12(15)11(14)6-10;/h2-3,6H,4-5,7-9,16H2,1H3;1H. The first-order chi connectivity index (χ1) is 8.02. The first kappa shape index (κ1) is 16.3. The maximum atomic E-state index is 5.99. The largest absolute Gasteiger partial charge is 0.330 e. The van der Waals surface area contributed by atoms with Gasteiger partial charge >= 0.3 is 0 Å². The Bertz CT molecular complexity index is 414. The number of hydrogen-bond acceptors (Lipinski definition) is 2. The monoisotopic (exact) mass is 352 g/mol. The SMILES string of the molecule is CC1(CN)CCN(Cc2ccc(Cl)c(Br)c2)C1.Cl. The van der Waals surface area contributed by atoms with E-state index in [4.69, 9.17) is 17.3 Å². The van der Waals surface area contributed by atoms with E-state index in [1.165, 1.54) is 12.0 Å². The van der Waals surface area contributed by atoms with E-state index in [1.54, 1.807) is 0 Å². The van der Waals surface area contributed by atoms with Gasteiger partial charge in [0.25, 0.3) is 0 Å². The highest BCUT2D eigenvalue weighted by Crippen LogP contribution is 2.30. The van der Waals surface area contributed by atoms with Crippen LogP contribution in [0.1, 0.15) is 18.9 Å². The van der Waals surface area contributed by atoms with Crippen molar-refractivity contribution in [2.75, 3.05) is 19.6 Å². The van der Waals surface area contributed by atoms with Crippen LogP contribution in [0, 0.1) is 5.41 Å². The maximum Gasteiger partial charge on any atom is 0.0548 e. The molecule has 1 aliphatic heterocycles. The van der Waals surface area contributed by atoms with Crippen LogP contribution in [0.25, 0.3) is 0 Å². The molecular weight excluding hydrogens is 335 g/mol. The molecular formula is C13H19BrCl2N2. The zero-order chi connectivity index (χ0) is 12.5. The average Bonchev–Trinajstić information content (AvgIpc) is 2.67. The molecule has 2 N–H and O–H groups in total. The summed E-state index contributed by atoms with van der Waals surface area (Å²) in [6.45, 7) is 6.24. The second-order valence-corrected chi connectivity index (χ2v) is 6.49. The minimum Gasteiger partial charge on any atom is -0.330 e. The van der Waals surface area contributed by atoms with Crippen molar-refractivity contribution in [3.63, 3.8) is 0 Å². The van der Waals surface area contributed by atoms with E-state index >= 15 is 0 Å². The molecule has 2 nitrogen and oxygen atoms in total. The van der Waals surface area contributed by atoms with Crippen LogP contribution in [0.5, 0.6) is 0 Å². The molecule has 0 aliphatic carbocycles. The lowest BCUT2D eigenvalue weighted by Crippen LogP contribution is -2.31. The van der Waals surface area contributed by atoms with Crippen molar-refractivity contribution >= 4 is 39.9 Å². The number of nitrogens with zero attached hydrogens (tertiary/aromatic N) is 1. The lowest BCUT2D eigenvalue weighted by atomic mass is 9.90. The summed E-state index contributed by atoms with van der Waals surface area (Å²) in [5.41, 5.74) is 7.41. The van der Waals surface area contributed by atoms with Gasteiger partial charge in [-0.05, 0) is 58.6 Å². The van der Waals surface area contributed by atoms with Crippen molar-refractivity contribution in [1.82, 2.24) is 4.90 Å². The molecule has 1 unspecified atom stereocenters. The Morgan fingerprint density at radius 1 is 1.50 bits per heavy atom. The van der Waals surface area contributed by atoms with Gasteiger partial charge in [0.1, 0.15) is 0 Å². The van der Waals surface area contributed by atoms with Crippen LogP contribution in [-0.2, 0) is 6.54 Å². The van der Waals surface area contributed by atoms with Gasteiger partial charge in [0.2, 0.25) is 0 Å². The van der Waals surface area contributed by atoms with Gasteiger partial charge in [-0.2, -0.15) is 0 Å². The molecule has 2 rings (SSSR count). The Hall–Kier alpha value is 0.200. The van der Waals surface area contributed by atoms with Crippen LogP contribution in [0.4, 0.5) is 0 Å². The molecule has 1 saturated heterocycles. The maximum absolute atomic E-state index is 5.99. The molecule has 0 radical (unpaired) electrons. The van der Waals surface area contributed by atoms with Crippen molar-refractivity contribution in [3.05, 3.63) is 33.3 Å². The van der Waals surface area contributed by atoms with Crippen molar-refractivity contribution in [1.29, 1.82) is 0 Å². The summed E-state index contributed by atoms with van der Waals surface area (Å²) in [5.74, 6) is 0. The van der Waals surface area contributed by atoms with Crippen molar-refractivity contribution in [2.45, 2.75) is 19.9 Å². The highest BCUT2D eigenvalue weighted by Gasteiger charge is 2.32. The number of rotatable bonds is 3. The first-order valence-electron chi connectivity index (χ1n) is 5.89. The zero-order valence-electron chi connectivity index (χ0n) is 10.5. The van der Waals surface area contributed by atoms with Crippen molar-refractivity contribution < 1.29 is 0 Å². The fraction of sp³-hybridized carbons (Fsp3) is 0.538. The lowest BCUT2D eigenvalue weighted by Gasteiger charge is -2.22. The molecule has 102 valence electrons. The smallest absolute Gasteiger partial charge is 0.0548 e.